The molecule has 2 rings (SSSR count). The second-order valence-electron chi connectivity index (χ2n) is 4.64. The third-order valence-electron chi connectivity index (χ3n) is 3.04. The monoisotopic (exact) mass is 259 g/mol. The fourth-order valence-electron chi connectivity index (χ4n) is 2.08. The highest BCUT2D eigenvalue weighted by atomic mass is 19.1. The maximum Gasteiger partial charge on any atom is 0.123 e. The molecule has 0 radical (unpaired) electrons. The first-order valence-electron chi connectivity index (χ1n) is 6.21. The van der Waals surface area contributed by atoms with E-state index < -0.39 is 0 Å². The van der Waals surface area contributed by atoms with E-state index >= 15 is 0 Å². The van der Waals surface area contributed by atoms with E-state index in [1.54, 1.807) is 18.3 Å². The zero-order chi connectivity index (χ0) is 13.8. The van der Waals surface area contributed by atoms with Crippen LogP contribution in [0, 0.1) is 12.7 Å². The smallest absolute Gasteiger partial charge is 0.123 e. The van der Waals surface area contributed by atoms with Gasteiger partial charge in [0.15, 0.2) is 0 Å². The van der Waals surface area contributed by atoms with E-state index in [1.165, 1.54) is 6.07 Å². The maximum absolute atomic E-state index is 13.2. The molecule has 0 amide bonds. The molecule has 0 atom stereocenters. The normalized spacial score (nSPS) is 10.5. The van der Waals surface area contributed by atoms with Crippen molar-refractivity contribution in [3.8, 4) is 0 Å². The Hall–Kier alpha value is -1.94. The molecule has 100 valence electrons. The fourth-order valence-corrected chi connectivity index (χ4v) is 2.08. The number of rotatable bonds is 4. The Kier molecular flexibility index (Phi) is 4.12. The largest absolute Gasteiger partial charge is 0.370 e. The van der Waals surface area contributed by atoms with Gasteiger partial charge >= 0.3 is 0 Å². The summed E-state index contributed by atoms with van der Waals surface area (Å²) in [5.41, 5.74) is 9.63. The molecule has 0 unspecified atom stereocenters. The van der Waals surface area contributed by atoms with Gasteiger partial charge < -0.3 is 10.6 Å². The summed E-state index contributed by atoms with van der Waals surface area (Å²) in [4.78, 5) is 6.31. The molecule has 4 heteroatoms. The molecule has 2 aromatic rings. The van der Waals surface area contributed by atoms with E-state index in [4.69, 9.17) is 5.73 Å². The average molecular weight is 259 g/mol. The summed E-state index contributed by atoms with van der Waals surface area (Å²) in [6.07, 6.45) is 1.80. The number of benzene rings is 1. The Bertz CT molecular complexity index is 569. The molecule has 1 aromatic carbocycles. The summed E-state index contributed by atoms with van der Waals surface area (Å²) >= 11 is 0. The number of pyridine rings is 1. The number of aryl methyl sites for hydroxylation is 1. The van der Waals surface area contributed by atoms with Crippen LogP contribution in [0.4, 0.5) is 10.1 Å². The Morgan fingerprint density at radius 1 is 1.32 bits per heavy atom. The minimum Gasteiger partial charge on any atom is -0.370 e. The van der Waals surface area contributed by atoms with Gasteiger partial charge in [-0.2, -0.15) is 0 Å². The fraction of sp³-hybridized carbons (Fsp3) is 0.267. The molecule has 0 fully saturated rings. The van der Waals surface area contributed by atoms with Crippen molar-refractivity contribution in [3.63, 3.8) is 0 Å². The summed E-state index contributed by atoms with van der Waals surface area (Å²) < 4.78 is 13.2. The van der Waals surface area contributed by atoms with E-state index in [-0.39, 0.29) is 5.82 Å². The Morgan fingerprint density at radius 2 is 2.11 bits per heavy atom. The van der Waals surface area contributed by atoms with Crippen molar-refractivity contribution in [3.05, 3.63) is 59.2 Å². The minimum atomic E-state index is -0.212. The Morgan fingerprint density at radius 3 is 2.79 bits per heavy atom. The molecule has 19 heavy (non-hydrogen) atoms. The third-order valence-corrected chi connectivity index (χ3v) is 3.04. The summed E-state index contributed by atoms with van der Waals surface area (Å²) in [5, 5.41) is 0. The first-order chi connectivity index (χ1) is 9.10. The van der Waals surface area contributed by atoms with Crippen LogP contribution in [0.3, 0.4) is 0 Å². The SMILES string of the molecule is Cc1cc(N(C)Cc2cccc(F)c2)c(CN)cn1. The second-order valence-corrected chi connectivity index (χ2v) is 4.64. The number of halogens is 1. The highest BCUT2D eigenvalue weighted by molar-refractivity contribution is 5.53. The van der Waals surface area contributed by atoms with Crippen LogP contribution < -0.4 is 10.6 Å². The molecular formula is C15H18FN3. The van der Waals surface area contributed by atoms with Gasteiger partial charge in [0.25, 0.3) is 0 Å². The lowest BCUT2D eigenvalue weighted by Gasteiger charge is -2.22. The van der Waals surface area contributed by atoms with Gasteiger partial charge in [0.1, 0.15) is 5.82 Å². The van der Waals surface area contributed by atoms with Crippen molar-refractivity contribution in [2.24, 2.45) is 5.73 Å². The van der Waals surface area contributed by atoms with E-state index in [9.17, 15) is 4.39 Å². The number of aromatic nitrogens is 1. The van der Waals surface area contributed by atoms with Crippen molar-refractivity contribution in [1.82, 2.24) is 4.98 Å². The highest BCUT2D eigenvalue weighted by Gasteiger charge is 2.08. The van der Waals surface area contributed by atoms with Crippen molar-refractivity contribution in [1.29, 1.82) is 0 Å². The van der Waals surface area contributed by atoms with E-state index in [1.807, 2.05) is 26.1 Å². The molecule has 0 saturated heterocycles. The van der Waals surface area contributed by atoms with Crippen LogP contribution in [0.2, 0.25) is 0 Å². The zero-order valence-electron chi connectivity index (χ0n) is 11.2. The topological polar surface area (TPSA) is 42.1 Å². The predicted molar refractivity (Wildman–Crippen MR) is 75.4 cm³/mol. The predicted octanol–water partition coefficient (Wildman–Crippen LogP) is 2.62. The highest BCUT2D eigenvalue weighted by Crippen LogP contribution is 2.21. The summed E-state index contributed by atoms with van der Waals surface area (Å²) in [7, 11) is 1.97. The molecule has 0 saturated carbocycles. The number of nitrogens with zero attached hydrogens (tertiary/aromatic N) is 2. The quantitative estimate of drug-likeness (QED) is 0.917. The Labute approximate surface area is 112 Å². The molecule has 3 nitrogen and oxygen atoms in total. The van der Waals surface area contributed by atoms with Gasteiger partial charge in [-0.1, -0.05) is 12.1 Å². The molecule has 0 aliphatic carbocycles. The molecule has 1 aromatic heterocycles. The van der Waals surface area contributed by atoms with Gasteiger partial charge in [-0.15, -0.1) is 0 Å². The van der Waals surface area contributed by atoms with Crippen LogP contribution in [0.1, 0.15) is 16.8 Å². The van der Waals surface area contributed by atoms with Crippen LogP contribution in [-0.2, 0) is 13.1 Å². The lowest BCUT2D eigenvalue weighted by atomic mass is 10.1. The lowest BCUT2D eigenvalue weighted by Crippen LogP contribution is -2.19. The molecule has 1 heterocycles. The third kappa shape index (κ3) is 3.29. The van der Waals surface area contributed by atoms with Crippen LogP contribution in [-0.4, -0.2) is 12.0 Å². The van der Waals surface area contributed by atoms with E-state index in [2.05, 4.69) is 9.88 Å². The first kappa shape index (κ1) is 13.5. The number of anilines is 1. The zero-order valence-corrected chi connectivity index (χ0v) is 11.2. The second kappa shape index (κ2) is 5.80. The van der Waals surface area contributed by atoms with Crippen LogP contribution >= 0.6 is 0 Å². The molecule has 0 spiro atoms. The standard InChI is InChI=1S/C15H18FN3/c1-11-6-15(13(8-17)9-18-11)19(2)10-12-4-3-5-14(16)7-12/h3-7,9H,8,10,17H2,1-2H3. The lowest BCUT2D eigenvalue weighted by molar-refractivity contribution is 0.625. The van der Waals surface area contributed by atoms with Crippen molar-refractivity contribution in [2.75, 3.05) is 11.9 Å². The van der Waals surface area contributed by atoms with Gasteiger partial charge in [0, 0.05) is 43.3 Å². The summed E-state index contributed by atoms with van der Waals surface area (Å²) in [6, 6.07) is 8.63. The van der Waals surface area contributed by atoms with Gasteiger partial charge in [-0.25, -0.2) is 4.39 Å². The summed E-state index contributed by atoms with van der Waals surface area (Å²) in [5.74, 6) is -0.212. The number of hydrogen-bond acceptors (Lipinski definition) is 3. The molecule has 2 N–H and O–H groups in total. The maximum atomic E-state index is 13.2. The molecule has 0 aliphatic rings. The van der Waals surface area contributed by atoms with Gasteiger partial charge in [-0.05, 0) is 30.7 Å². The van der Waals surface area contributed by atoms with Crippen molar-refractivity contribution >= 4 is 5.69 Å². The van der Waals surface area contributed by atoms with E-state index in [0.717, 1.165) is 22.5 Å². The van der Waals surface area contributed by atoms with Crippen LogP contribution in [0.5, 0.6) is 0 Å². The average Bonchev–Trinajstić information content (AvgIpc) is 2.38. The number of hydrogen-bond donors (Lipinski definition) is 1. The van der Waals surface area contributed by atoms with Gasteiger partial charge in [-0.3, -0.25) is 4.98 Å². The van der Waals surface area contributed by atoms with Crippen molar-refractivity contribution in [2.45, 2.75) is 20.0 Å². The summed E-state index contributed by atoms with van der Waals surface area (Å²) in [6.45, 7) is 3.02. The van der Waals surface area contributed by atoms with Crippen molar-refractivity contribution < 1.29 is 4.39 Å². The molecule has 0 aliphatic heterocycles. The van der Waals surface area contributed by atoms with Crippen LogP contribution in [0.15, 0.2) is 36.5 Å². The van der Waals surface area contributed by atoms with E-state index in [0.29, 0.717) is 13.1 Å². The van der Waals surface area contributed by atoms with Gasteiger partial charge in [0.2, 0.25) is 0 Å². The Balaban J connectivity index is 2.24. The van der Waals surface area contributed by atoms with Gasteiger partial charge in [0.05, 0.1) is 0 Å². The molecule has 0 bridgehead atoms. The first-order valence-corrected chi connectivity index (χ1v) is 6.21. The van der Waals surface area contributed by atoms with Crippen LogP contribution in [0.25, 0.3) is 0 Å². The minimum absolute atomic E-state index is 0.212. The number of nitrogens with two attached hydrogens (primary N) is 1. The molecular weight excluding hydrogens is 241 g/mol.